The average molecular weight is 476 g/mol. The number of anilines is 1. The fraction of sp³-hybridized carbons (Fsp3) is 0.280. The standard InChI is InChI=1S/C25H25N5O3S/c1-25(2,3)33-24(32)29-13-12-19-21(14-29)34-23(27-19)28-22(31)16-8-10-17(11-9-16)30-15-26-18-6-4-5-7-20(18)30/h4-11,15H,12-14H2,1-3H3,(H,27,28,31). The highest BCUT2D eigenvalue weighted by Crippen LogP contribution is 2.29. The summed E-state index contributed by atoms with van der Waals surface area (Å²) < 4.78 is 7.47. The van der Waals surface area contributed by atoms with Gasteiger partial charge < -0.3 is 9.64 Å². The van der Waals surface area contributed by atoms with Crippen molar-refractivity contribution < 1.29 is 14.3 Å². The van der Waals surface area contributed by atoms with Gasteiger partial charge in [-0.15, -0.1) is 0 Å². The van der Waals surface area contributed by atoms with Crippen LogP contribution in [-0.4, -0.2) is 43.6 Å². The van der Waals surface area contributed by atoms with Crippen molar-refractivity contribution in [1.29, 1.82) is 0 Å². The molecule has 1 aliphatic rings. The molecule has 0 radical (unpaired) electrons. The number of nitrogens with zero attached hydrogens (tertiary/aromatic N) is 4. The highest BCUT2D eigenvalue weighted by Gasteiger charge is 2.28. The number of para-hydroxylation sites is 2. The summed E-state index contributed by atoms with van der Waals surface area (Å²) in [7, 11) is 0. The zero-order valence-electron chi connectivity index (χ0n) is 19.2. The molecule has 34 heavy (non-hydrogen) atoms. The van der Waals surface area contributed by atoms with Gasteiger partial charge in [0, 0.05) is 29.1 Å². The van der Waals surface area contributed by atoms with Crippen LogP contribution in [0.15, 0.2) is 54.9 Å². The quantitative estimate of drug-likeness (QED) is 0.449. The first-order chi connectivity index (χ1) is 16.3. The van der Waals surface area contributed by atoms with E-state index in [2.05, 4.69) is 15.3 Å². The topological polar surface area (TPSA) is 89.4 Å². The minimum absolute atomic E-state index is 0.225. The van der Waals surface area contributed by atoms with Gasteiger partial charge in [-0.1, -0.05) is 23.5 Å². The normalized spacial score (nSPS) is 13.6. The number of thiazole rings is 1. The smallest absolute Gasteiger partial charge is 0.410 e. The Bertz CT molecular complexity index is 1370. The Labute approximate surface area is 201 Å². The number of aromatic nitrogens is 3. The fourth-order valence-electron chi connectivity index (χ4n) is 3.84. The molecule has 0 aliphatic carbocycles. The number of nitrogens with one attached hydrogen (secondary N) is 1. The minimum atomic E-state index is -0.537. The summed E-state index contributed by atoms with van der Waals surface area (Å²) in [6.07, 6.45) is 2.08. The number of imidazole rings is 1. The minimum Gasteiger partial charge on any atom is -0.444 e. The molecule has 1 aliphatic heterocycles. The van der Waals surface area contributed by atoms with Crippen molar-refractivity contribution in [3.8, 4) is 5.69 Å². The summed E-state index contributed by atoms with van der Waals surface area (Å²) in [5.74, 6) is -0.225. The third kappa shape index (κ3) is 4.51. The maximum absolute atomic E-state index is 12.8. The first-order valence-electron chi connectivity index (χ1n) is 11.1. The molecular formula is C25H25N5O3S. The van der Waals surface area contributed by atoms with Gasteiger partial charge in [0.25, 0.3) is 5.91 Å². The Morgan fingerprint density at radius 1 is 1.09 bits per heavy atom. The number of hydrogen-bond donors (Lipinski definition) is 1. The fourth-order valence-corrected chi connectivity index (χ4v) is 4.86. The summed E-state index contributed by atoms with van der Waals surface area (Å²) in [6, 6.07) is 15.3. The molecule has 9 heteroatoms. The third-order valence-corrected chi connectivity index (χ3v) is 6.46. The van der Waals surface area contributed by atoms with Gasteiger partial charge in [-0.2, -0.15) is 0 Å². The molecule has 0 unspecified atom stereocenters. The van der Waals surface area contributed by atoms with E-state index in [1.54, 1.807) is 23.4 Å². The lowest BCUT2D eigenvalue weighted by Gasteiger charge is -2.29. The largest absolute Gasteiger partial charge is 0.444 e. The van der Waals surface area contributed by atoms with Crippen LogP contribution >= 0.6 is 11.3 Å². The van der Waals surface area contributed by atoms with Crippen LogP contribution in [0.5, 0.6) is 0 Å². The highest BCUT2D eigenvalue weighted by atomic mass is 32.1. The zero-order chi connectivity index (χ0) is 23.9. The molecule has 3 heterocycles. The predicted molar refractivity (Wildman–Crippen MR) is 131 cm³/mol. The van der Waals surface area contributed by atoms with Crippen molar-refractivity contribution in [3.05, 3.63) is 71.0 Å². The second-order valence-corrected chi connectivity index (χ2v) is 10.2. The number of rotatable bonds is 3. The van der Waals surface area contributed by atoms with Crippen LogP contribution in [0.2, 0.25) is 0 Å². The molecule has 174 valence electrons. The molecule has 0 saturated carbocycles. The van der Waals surface area contributed by atoms with Gasteiger partial charge >= 0.3 is 6.09 Å². The average Bonchev–Trinajstić information content (AvgIpc) is 3.41. The van der Waals surface area contributed by atoms with Crippen molar-refractivity contribution in [1.82, 2.24) is 19.4 Å². The number of fused-ring (bicyclic) bond motifs is 2. The Morgan fingerprint density at radius 3 is 2.62 bits per heavy atom. The molecule has 2 aromatic carbocycles. The molecule has 0 atom stereocenters. The van der Waals surface area contributed by atoms with Crippen molar-refractivity contribution >= 4 is 39.5 Å². The molecule has 5 rings (SSSR count). The molecule has 2 amide bonds. The molecule has 0 fully saturated rings. The summed E-state index contributed by atoms with van der Waals surface area (Å²) in [4.78, 5) is 36.8. The van der Waals surface area contributed by atoms with E-state index in [-0.39, 0.29) is 12.0 Å². The predicted octanol–water partition coefficient (Wildman–Crippen LogP) is 5.03. The number of hydrogen-bond acceptors (Lipinski definition) is 6. The maximum atomic E-state index is 12.8. The molecule has 8 nitrogen and oxygen atoms in total. The molecular weight excluding hydrogens is 450 g/mol. The van der Waals surface area contributed by atoms with E-state index in [9.17, 15) is 9.59 Å². The van der Waals surface area contributed by atoms with Crippen LogP contribution in [0.1, 0.15) is 41.7 Å². The summed E-state index contributed by atoms with van der Waals surface area (Å²) in [6.45, 7) is 6.54. The number of ether oxygens (including phenoxy) is 1. The van der Waals surface area contributed by atoms with Gasteiger partial charge in [-0.3, -0.25) is 14.7 Å². The second kappa shape index (κ2) is 8.57. The SMILES string of the molecule is CC(C)(C)OC(=O)N1CCc2nc(NC(=O)c3ccc(-n4cnc5ccccc54)cc3)sc2C1. The Balaban J connectivity index is 1.26. The molecule has 2 aromatic heterocycles. The van der Waals surface area contributed by atoms with Crippen molar-refractivity contribution in [2.75, 3.05) is 11.9 Å². The Morgan fingerprint density at radius 2 is 1.85 bits per heavy atom. The van der Waals surface area contributed by atoms with Crippen molar-refractivity contribution in [2.24, 2.45) is 0 Å². The van der Waals surface area contributed by atoms with Crippen LogP contribution in [0.25, 0.3) is 16.7 Å². The zero-order valence-corrected chi connectivity index (χ0v) is 20.1. The van der Waals surface area contributed by atoms with Gasteiger partial charge in [0.15, 0.2) is 5.13 Å². The third-order valence-electron chi connectivity index (χ3n) is 5.46. The van der Waals surface area contributed by atoms with Gasteiger partial charge in [-0.25, -0.2) is 14.8 Å². The van der Waals surface area contributed by atoms with E-state index < -0.39 is 5.60 Å². The first-order valence-corrected chi connectivity index (χ1v) is 11.9. The maximum Gasteiger partial charge on any atom is 0.410 e. The van der Waals surface area contributed by atoms with Crippen LogP contribution in [0, 0.1) is 0 Å². The first kappa shape index (κ1) is 22.1. The molecule has 4 aromatic rings. The summed E-state index contributed by atoms with van der Waals surface area (Å²) in [5.41, 5.74) is 3.78. The molecule has 0 spiro atoms. The Kier molecular flexibility index (Phi) is 5.57. The van der Waals surface area contributed by atoms with E-state index in [0.29, 0.717) is 30.2 Å². The Hall–Kier alpha value is -3.72. The molecule has 1 N–H and O–H groups in total. The molecule has 0 bridgehead atoms. The lowest BCUT2D eigenvalue weighted by Crippen LogP contribution is -2.39. The van der Waals surface area contributed by atoms with Crippen molar-refractivity contribution in [2.45, 2.75) is 39.3 Å². The van der Waals surface area contributed by atoms with Gasteiger partial charge in [0.1, 0.15) is 11.9 Å². The monoisotopic (exact) mass is 475 g/mol. The van der Waals surface area contributed by atoms with Crippen LogP contribution in [-0.2, 0) is 17.7 Å². The second-order valence-electron chi connectivity index (χ2n) is 9.15. The number of amides is 2. The lowest BCUT2D eigenvalue weighted by atomic mass is 10.2. The summed E-state index contributed by atoms with van der Waals surface area (Å²) >= 11 is 1.40. The van der Waals surface area contributed by atoms with Gasteiger partial charge in [-0.05, 0) is 57.2 Å². The van der Waals surface area contributed by atoms with Crippen LogP contribution < -0.4 is 5.32 Å². The number of benzene rings is 2. The highest BCUT2D eigenvalue weighted by molar-refractivity contribution is 7.15. The van der Waals surface area contributed by atoms with Gasteiger partial charge in [0.2, 0.25) is 0 Å². The van der Waals surface area contributed by atoms with Crippen molar-refractivity contribution in [3.63, 3.8) is 0 Å². The van der Waals surface area contributed by atoms with Gasteiger partial charge in [0.05, 0.1) is 23.3 Å². The van der Waals surface area contributed by atoms with E-state index in [1.807, 2.05) is 61.7 Å². The lowest BCUT2D eigenvalue weighted by molar-refractivity contribution is 0.0225. The number of carbonyl (C=O) groups is 2. The summed E-state index contributed by atoms with van der Waals surface area (Å²) in [5, 5.41) is 3.43. The van der Waals surface area contributed by atoms with Crippen LogP contribution in [0.4, 0.5) is 9.93 Å². The van der Waals surface area contributed by atoms with E-state index in [1.165, 1.54) is 11.3 Å². The van der Waals surface area contributed by atoms with E-state index in [4.69, 9.17) is 4.74 Å². The van der Waals surface area contributed by atoms with Crippen LogP contribution in [0.3, 0.4) is 0 Å². The molecule has 0 saturated heterocycles. The van der Waals surface area contributed by atoms with E-state index in [0.717, 1.165) is 27.3 Å². The van der Waals surface area contributed by atoms with E-state index >= 15 is 0 Å². The number of carbonyl (C=O) groups excluding carboxylic acids is 2.